The van der Waals surface area contributed by atoms with E-state index in [1.807, 2.05) is 44.2 Å². The molecule has 33 heavy (non-hydrogen) atoms. The Hall–Kier alpha value is -3.93. The highest BCUT2D eigenvalue weighted by Crippen LogP contribution is 2.40. The maximum atomic E-state index is 13.7. The largest absolute Gasteiger partial charge is 0.369 e. The Bertz CT molecular complexity index is 1470. The van der Waals surface area contributed by atoms with Crippen molar-refractivity contribution in [2.45, 2.75) is 33.7 Å². The number of anilines is 1. The Kier molecular flexibility index (Phi) is 4.81. The van der Waals surface area contributed by atoms with Crippen LogP contribution in [0.15, 0.2) is 48.5 Å². The molecule has 0 radical (unpaired) electrons. The lowest BCUT2D eigenvalue weighted by Gasteiger charge is -2.21. The molecule has 166 valence electrons. The molecule has 0 fully saturated rings. The Morgan fingerprint density at radius 3 is 2.58 bits per heavy atom. The van der Waals surface area contributed by atoms with Crippen molar-refractivity contribution >= 4 is 28.4 Å². The summed E-state index contributed by atoms with van der Waals surface area (Å²) in [5, 5.41) is 1.05. The van der Waals surface area contributed by atoms with Crippen molar-refractivity contribution in [3.8, 4) is 11.1 Å². The zero-order chi connectivity index (χ0) is 23.4. The summed E-state index contributed by atoms with van der Waals surface area (Å²) in [7, 11) is 0. The monoisotopic (exact) mass is 441 g/mol. The number of fused-ring (bicyclic) bond motifs is 2. The van der Waals surface area contributed by atoms with Crippen molar-refractivity contribution in [2.24, 2.45) is 5.73 Å². The molecule has 0 saturated carbocycles. The number of carbonyl (C=O) groups is 2. The van der Waals surface area contributed by atoms with Gasteiger partial charge in [-0.2, -0.15) is 0 Å². The first-order valence-corrected chi connectivity index (χ1v) is 10.9. The van der Waals surface area contributed by atoms with E-state index in [9.17, 15) is 14.0 Å². The van der Waals surface area contributed by atoms with Crippen molar-refractivity contribution < 1.29 is 14.0 Å². The highest BCUT2D eigenvalue weighted by Gasteiger charge is 2.30. The molecule has 5 nitrogen and oxygen atoms in total. The van der Waals surface area contributed by atoms with Crippen LogP contribution in [0.5, 0.6) is 0 Å². The number of benzene rings is 3. The van der Waals surface area contributed by atoms with Crippen LogP contribution in [0, 0.1) is 26.6 Å². The van der Waals surface area contributed by atoms with Crippen molar-refractivity contribution in [1.82, 2.24) is 4.98 Å². The van der Waals surface area contributed by atoms with Crippen LogP contribution in [-0.4, -0.2) is 16.8 Å². The Morgan fingerprint density at radius 1 is 1.03 bits per heavy atom. The summed E-state index contributed by atoms with van der Waals surface area (Å²) in [6.07, 6.45) is 0.159. The van der Waals surface area contributed by atoms with Crippen LogP contribution in [0.1, 0.15) is 38.3 Å². The Morgan fingerprint density at radius 2 is 1.82 bits per heavy atom. The van der Waals surface area contributed by atoms with Crippen LogP contribution in [-0.2, 0) is 17.8 Å². The van der Waals surface area contributed by atoms with Crippen molar-refractivity contribution in [1.29, 1.82) is 0 Å². The van der Waals surface area contributed by atoms with Gasteiger partial charge in [0.1, 0.15) is 5.82 Å². The van der Waals surface area contributed by atoms with Gasteiger partial charge in [0.15, 0.2) is 0 Å². The van der Waals surface area contributed by atoms with Gasteiger partial charge in [-0.05, 0) is 72.4 Å². The van der Waals surface area contributed by atoms with Crippen LogP contribution in [0.2, 0.25) is 0 Å². The third-order valence-corrected chi connectivity index (χ3v) is 6.67. The van der Waals surface area contributed by atoms with E-state index in [2.05, 4.69) is 11.9 Å². The standard InChI is InChI=1S/C27H24FN3O2/c1-14-16(3)30-26-17(11-24(29)32)8-10-21(25(14)26)20-5-4-6-23(15(20)2)31-13-18-7-9-19(28)12-22(18)27(31)33/h4-10,12,30H,11,13H2,1-3H3,(H2,29,32). The molecule has 4 aromatic rings. The summed E-state index contributed by atoms with van der Waals surface area (Å²) in [4.78, 5) is 29.8. The van der Waals surface area contributed by atoms with E-state index in [4.69, 9.17) is 5.73 Å². The maximum absolute atomic E-state index is 13.7. The number of amides is 2. The molecule has 1 aromatic heterocycles. The second-order valence-electron chi connectivity index (χ2n) is 8.68. The van der Waals surface area contributed by atoms with Gasteiger partial charge in [-0.3, -0.25) is 9.59 Å². The third kappa shape index (κ3) is 3.30. The number of H-pyrrole nitrogens is 1. The minimum absolute atomic E-state index is 0.159. The lowest BCUT2D eigenvalue weighted by atomic mass is 9.92. The second kappa shape index (κ2) is 7.59. The number of nitrogens with zero attached hydrogens (tertiary/aromatic N) is 1. The van der Waals surface area contributed by atoms with Crippen LogP contribution >= 0.6 is 0 Å². The molecule has 3 N–H and O–H groups in total. The zero-order valence-electron chi connectivity index (χ0n) is 18.8. The predicted octanol–water partition coefficient (Wildman–Crippen LogP) is 5.09. The van der Waals surface area contributed by atoms with Gasteiger partial charge in [0.2, 0.25) is 5.91 Å². The zero-order valence-corrected chi connectivity index (χ0v) is 18.8. The molecule has 0 saturated heterocycles. The fourth-order valence-electron chi connectivity index (χ4n) is 4.88. The van der Waals surface area contributed by atoms with E-state index in [1.165, 1.54) is 12.1 Å². The van der Waals surface area contributed by atoms with E-state index in [0.29, 0.717) is 12.1 Å². The van der Waals surface area contributed by atoms with Gasteiger partial charge in [0, 0.05) is 22.3 Å². The number of nitrogens with one attached hydrogen (secondary N) is 1. The van der Waals surface area contributed by atoms with E-state index in [1.54, 1.807) is 11.0 Å². The molecule has 3 aromatic carbocycles. The van der Waals surface area contributed by atoms with Crippen molar-refractivity contribution in [3.05, 3.63) is 87.9 Å². The van der Waals surface area contributed by atoms with E-state index >= 15 is 0 Å². The van der Waals surface area contributed by atoms with Gasteiger partial charge < -0.3 is 15.6 Å². The SMILES string of the molecule is Cc1[nH]c2c(CC(N)=O)ccc(-c3cccc(N4Cc5ccc(F)cc5C4=O)c3C)c2c1C. The minimum atomic E-state index is -0.411. The molecule has 0 bridgehead atoms. The molecule has 0 unspecified atom stereocenters. The normalized spacial score (nSPS) is 13.1. The first-order chi connectivity index (χ1) is 15.8. The number of rotatable bonds is 4. The molecule has 1 aliphatic heterocycles. The van der Waals surface area contributed by atoms with Gasteiger partial charge in [0.25, 0.3) is 5.91 Å². The number of aryl methyl sites for hydroxylation is 2. The van der Waals surface area contributed by atoms with Gasteiger partial charge >= 0.3 is 0 Å². The molecule has 0 spiro atoms. The Labute approximate surface area is 191 Å². The summed E-state index contributed by atoms with van der Waals surface area (Å²) in [6.45, 7) is 6.48. The number of halogens is 1. The molecule has 0 atom stereocenters. The summed E-state index contributed by atoms with van der Waals surface area (Å²) < 4.78 is 13.7. The molecule has 5 rings (SSSR count). The number of primary amides is 1. The number of carbonyl (C=O) groups excluding carboxylic acids is 2. The van der Waals surface area contributed by atoms with Gasteiger partial charge in [-0.15, -0.1) is 0 Å². The molecule has 1 aliphatic rings. The minimum Gasteiger partial charge on any atom is -0.369 e. The molecule has 6 heteroatoms. The van der Waals surface area contributed by atoms with Crippen LogP contribution in [0.3, 0.4) is 0 Å². The summed E-state index contributed by atoms with van der Waals surface area (Å²) in [5.74, 6) is -0.984. The van der Waals surface area contributed by atoms with Crippen molar-refractivity contribution in [3.63, 3.8) is 0 Å². The average Bonchev–Trinajstić information content (AvgIpc) is 3.25. The molecular weight excluding hydrogens is 417 g/mol. The molecule has 0 aliphatic carbocycles. The molecule has 2 heterocycles. The topological polar surface area (TPSA) is 79.2 Å². The van der Waals surface area contributed by atoms with Crippen LogP contribution < -0.4 is 10.6 Å². The van der Waals surface area contributed by atoms with Crippen LogP contribution in [0.4, 0.5) is 10.1 Å². The predicted molar refractivity (Wildman–Crippen MR) is 128 cm³/mol. The smallest absolute Gasteiger partial charge is 0.259 e. The first kappa shape index (κ1) is 20.9. The van der Waals surface area contributed by atoms with E-state index < -0.39 is 5.82 Å². The average molecular weight is 442 g/mol. The number of hydrogen-bond donors (Lipinski definition) is 2. The van der Waals surface area contributed by atoms with E-state index in [0.717, 1.165) is 55.7 Å². The number of nitrogens with two attached hydrogens (primary N) is 1. The summed E-state index contributed by atoms with van der Waals surface area (Å²) >= 11 is 0. The lowest BCUT2D eigenvalue weighted by molar-refractivity contribution is -0.117. The fourth-order valence-corrected chi connectivity index (χ4v) is 4.88. The first-order valence-electron chi connectivity index (χ1n) is 10.9. The molecule has 2 amide bonds. The number of aromatic amines is 1. The second-order valence-corrected chi connectivity index (χ2v) is 8.68. The maximum Gasteiger partial charge on any atom is 0.259 e. The Balaban J connectivity index is 1.65. The van der Waals surface area contributed by atoms with Crippen molar-refractivity contribution in [2.75, 3.05) is 4.90 Å². The highest BCUT2D eigenvalue weighted by atomic mass is 19.1. The fraction of sp³-hybridized carbons (Fsp3) is 0.185. The number of aromatic nitrogens is 1. The third-order valence-electron chi connectivity index (χ3n) is 6.67. The number of hydrogen-bond acceptors (Lipinski definition) is 2. The quantitative estimate of drug-likeness (QED) is 0.463. The highest BCUT2D eigenvalue weighted by molar-refractivity contribution is 6.11. The van der Waals surface area contributed by atoms with E-state index in [-0.39, 0.29) is 18.2 Å². The summed E-state index contributed by atoms with van der Waals surface area (Å²) in [6, 6.07) is 14.2. The van der Waals surface area contributed by atoms with Gasteiger partial charge in [-0.1, -0.05) is 30.3 Å². The van der Waals surface area contributed by atoms with Gasteiger partial charge in [0.05, 0.1) is 18.5 Å². The lowest BCUT2D eigenvalue weighted by Crippen LogP contribution is -2.24. The van der Waals surface area contributed by atoms with Gasteiger partial charge in [-0.25, -0.2) is 4.39 Å². The molecular formula is C27H24FN3O2. The summed E-state index contributed by atoms with van der Waals surface area (Å²) in [5.41, 5.74) is 14.4. The van der Waals surface area contributed by atoms with Crippen LogP contribution in [0.25, 0.3) is 22.0 Å².